The molecule has 0 rings (SSSR count). The van der Waals surface area contributed by atoms with E-state index < -0.39 is 5.54 Å². The second kappa shape index (κ2) is 2.37. The molecule has 0 aromatic carbocycles. The lowest BCUT2D eigenvalue weighted by Gasteiger charge is -2.13. The van der Waals surface area contributed by atoms with Crippen LogP contribution in [0.3, 0.4) is 0 Å². The minimum Gasteiger partial charge on any atom is -0.334 e. The van der Waals surface area contributed by atoms with Crippen LogP contribution in [0.1, 0.15) is 13.8 Å². The van der Waals surface area contributed by atoms with E-state index in [9.17, 15) is 4.79 Å². The zero-order valence-electron chi connectivity index (χ0n) is 5.06. The molecule has 0 aliphatic rings. The molecule has 0 aromatic rings. The van der Waals surface area contributed by atoms with Crippen molar-refractivity contribution in [1.82, 2.24) is 5.32 Å². The van der Waals surface area contributed by atoms with Crippen molar-refractivity contribution in [1.29, 1.82) is 0 Å². The number of terminal acetylenes is 1. The topological polar surface area (TPSA) is 29.1 Å². The number of aldehydes is 1. The van der Waals surface area contributed by atoms with Gasteiger partial charge < -0.3 is 10.1 Å². The average molecular weight is 111 g/mol. The highest BCUT2D eigenvalue weighted by Crippen LogP contribution is 1.92. The normalized spacial score (nSPS) is 9.62. The van der Waals surface area contributed by atoms with Gasteiger partial charge in [0.25, 0.3) is 0 Å². The summed E-state index contributed by atoms with van der Waals surface area (Å²) in [4.78, 5) is 10.1. The van der Waals surface area contributed by atoms with Gasteiger partial charge in [-0.3, -0.25) is 0 Å². The third-order valence-electron chi connectivity index (χ3n) is 0.689. The van der Waals surface area contributed by atoms with Crippen LogP contribution < -0.4 is 5.32 Å². The molecule has 0 aliphatic heterocycles. The number of carbonyl (C=O) groups is 1. The van der Waals surface area contributed by atoms with Gasteiger partial charge in [-0.25, -0.2) is 0 Å². The maximum absolute atomic E-state index is 10.1. The average Bonchev–Trinajstić information content (AvgIpc) is 1.67. The third-order valence-corrected chi connectivity index (χ3v) is 0.689. The Bertz CT molecular complexity index is 121. The highest BCUT2D eigenvalue weighted by Gasteiger charge is 2.11. The fourth-order valence-corrected chi connectivity index (χ4v) is 0.215. The van der Waals surface area contributed by atoms with Crippen LogP contribution in [0, 0.1) is 12.5 Å². The first-order chi connectivity index (χ1) is 3.62. The molecular formula is C6H9NO. The van der Waals surface area contributed by atoms with Crippen molar-refractivity contribution in [2.45, 2.75) is 19.4 Å². The van der Waals surface area contributed by atoms with Crippen LogP contribution in [0.5, 0.6) is 0 Å². The molecule has 0 bridgehead atoms. The molecule has 0 spiro atoms. The molecule has 0 saturated carbocycles. The van der Waals surface area contributed by atoms with E-state index in [1.807, 2.05) is 0 Å². The van der Waals surface area contributed by atoms with Crippen molar-refractivity contribution in [2.75, 3.05) is 0 Å². The van der Waals surface area contributed by atoms with Crippen LogP contribution in [-0.2, 0) is 4.79 Å². The number of carbonyl (C=O) groups excluding carboxylic acids is 1. The van der Waals surface area contributed by atoms with Gasteiger partial charge in [0, 0.05) is 6.04 Å². The second-order valence-corrected chi connectivity index (χ2v) is 2.11. The van der Waals surface area contributed by atoms with Gasteiger partial charge in [0.1, 0.15) is 6.29 Å². The Balaban J connectivity index is 3.76. The highest BCUT2D eigenvalue weighted by molar-refractivity contribution is 5.63. The molecule has 0 atom stereocenters. The van der Waals surface area contributed by atoms with Crippen molar-refractivity contribution in [3.05, 3.63) is 0 Å². The van der Waals surface area contributed by atoms with Crippen LogP contribution in [0.25, 0.3) is 0 Å². The Morgan fingerprint density at radius 3 is 2.38 bits per heavy atom. The van der Waals surface area contributed by atoms with Crippen molar-refractivity contribution < 1.29 is 4.79 Å². The summed E-state index contributed by atoms with van der Waals surface area (Å²) < 4.78 is 0. The molecule has 0 aliphatic carbocycles. The van der Waals surface area contributed by atoms with E-state index in [1.54, 1.807) is 13.8 Å². The maximum Gasteiger partial charge on any atom is 0.145 e. The van der Waals surface area contributed by atoms with Gasteiger partial charge in [-0.05, 0) is 13.8 Å². The molecule has 1 N–H and O–H groups in total. The lowest BCUT2D eigenvalue weighted by molar-refractivity contribution is -0.111. The molecule has 0 unspecified atom stereocenters. The summed E-state index contributed by atoms with van der Waals surface area (Å²) in [5.74, 6) is 0. The van der Waals surface area contributed by atoms with Gasteiger partial charge in [0.2, 0.25) is 0 Å². The van der Waals surface area contributed by atoms with Crippen LogP contribution in [0.15, 0.2) is 0 Å². The molecule has 0 fully saturated rings. The van der Waals surface area contributed by atoms with Gasteiger partial charge in [0.15, 0.2) is 0 Å². The number of hydrogen-bond donors (Lipinski definition) is 1. The summed E-state index contributed by atoms with van der Waals surface area (Å²) in [7, 11) is 0. The molecule has 0 heterocycles. The van der Waals surface area contributed by atoms with Gasteiger partial charge in [0.05, 0.1) is 5.54 Å². The fourth-order valence-electron chi connectivity index (χ4n) is 0.215. The Hall–Kier alpha value is -0.970. The van der Waals surface area contributed by atoms with Crippen LogP contribution in [0.2, 0.25) is 0 Å². The fraction of sp³-hybridized carbons (Fsp3) is 0.500. The second-order valence-electron chi connectivity index (χ2n) is 2.11. The van der Waals surface area contributed by atoms with Gasteiger partial charge in [-0.15, -0.1) is 0 Å². The smallest absolute Gasteiger partial charge is 0.145 e. The predicted molar refractivity (Wildman–Crippen MR) is 32.1 cm³/mol. The monoisotopic (exact) mass is 111 g/mol. The first-order valence-electron chi connectivity index (χ1n) is 2.31. The van der Waals surface area contributed by atoms with Gasteiger partial charge in [-0.2, -0.15) is 0 Å². The summed E-state index contributed by atoms with van der Waals surface area (Å²) >= 11 is 0. The van der Waals surface area contributed by atoms with Crippen LogP contribution in [-0.4, -0.2) is 11.8 Å². The zero-order chi connectivity index (χ0) is 6.62. The molecule has 0 radical (unpaired) electrons. The van der Waals surface area contributed by atoms with E-state index in [-0.39, 0.29) is 0 Å². The zero-order valence-corrected chi connectivity index (χ0v) is 5.06. The minimum atomic E-state index is -0.575. The number of nitrogens with one attached hydrogen (secondary N) is 1. The summed E-state index contributed by atoms with van der Waals surface area (Å²) in [5, 5.41) is 2.53. The Kier molecular flexibility index (Phi) is 2.08. The van der Waals surface area contributed by atoms with E-state index >= 15 is 0 Å². The molecule has 8 heavy (non-hydrogen) atoms. The van der Waals surface area contributed by atoms with Crippen molar-refractivity contribution in [3.8, 4) is 12.5 Å². The summed E-state index contributed by atoms with van der Waals surface area (Å²) in [6.45, 7) is 3.42. The predicted octanol–water partition coefficient (Wildman–Crippen LogP) is 0.144. The third kappa shape index (κ3) is 2.25. The summed E-state index contributed by atoms with van der Waals surface area (Å²) in [6.07, 6.45) is 5.64. The summed E-state index contributed by atoms with van der Waals surface area (Å²) in [6, 6.07) is 2.18. The molecule has 0 amide bonds. The van der Waals surface area contributed by atoms with Crippen molar-refractivity contribution >= 4 is 6.29 Å². The minimum absolute atomic E-state index is 0.575. The SMILES string of the molecule is C#CNC(C)(C)C=O. The Morgan fingerprint density at radius 2 is 2.25 bits per heavy atom. The lowest BCUT2D eigenvalue weighted by atomic mass is 10.1. The Morgan fingerprint density at radius 1 is 1.75 bits per heavy atom. The quantitative estimate of drug-likeness (QED) is 0.312. The van der Waals surface area contributed by atoms with E-state index in [1.165, 1.54) is 0 Å². The lowest BCUT2D eigenvalue weighted by Crippen LogP contribution is -2.37. The molecule has 44 valence electrons. The standard InChI is InChI=1S/C6H9NO/c1-4-7-6(2,3)5-8/h1,5,7H,2-3H3. The molecule has 2 heteroatoms. The van der Waals surface area contributed by atoms with Crippen LogP contribution in [0.4, 0.5) is 0 Å². The first-order valence-corrected chi connectivity index (χ1v) is 2.31. The highest BCUT2D eigenvalue weighted by atomic mass is 16.1. The van der Waals surface area contributed by atoms with E-state index in [2.05, 4.69) is 11.4 Å². The summed E-state index contributed by atoms with van der Waals surface area (Å²) in [5.41, 5.74) is -0.575. The van der Waals surface area contributed by atoms with Crippen molar-refractivity contribution in [3.63, 3.8) is 0 Å². The Labute approximate surface area is 49.3 Å². The first kappa shape index (κ1) is 7.03. The molecular weight excluding hydrogens is 102 g/mol. The number of hydrogen-bond acceptors (Lipinski definition) is 2. The van der Waals surface area contributed by atoms with Gasteiger partial charge >= 0.3 is 0 Å². The van der Waals surface area contributed by atoms with Crippen molar-refractivity contribution in [2.24, 2.45) is 0 Å². The largest absolute Gasteiger partial charge is 0.334 e. The van der Waals surface area contributed by atoms with Gasteiger partial charge in [-0.1, -0.05) is 6.42 Å². The van der Waals surface area contributed by atoms with E-state index in [0.29, 0.717) is 0 Å². The van der Waals surface area contributed by atoms with E-state index in [4.69, 9.17) is 6.42 Å². The van der Waals surface area contributed by atoms with E-state index in [0.717, 1.165) is 6.29 Å². The van der Waals surface area contributed by atoms with Crippen LogP contribution >= 0.6 is 0 Å². The maximum atomic E-state index is 10.1. The molecule has 0 saturated heterocycles. The molecule has 0 aromatic heterocycles. The number of rotatable bonds is 2. The molecule has 2 nitrogen and oxygen atoms in total.